The molecule has 160 valence electrons. The molecule has 1 heterocycles. The first-order valence-electron chi connectivity index (χ1n) is 10.5. The molecule has 2 aromatic rings. The molecule has 0 spiro atoms. The van der Waals surface area contributed by atoms with Crippen molar-refractivity contribution < 1.29 is 9.53 Å². The zero-order valence-electron chi connectivity index (χ0n) is 18.1. The van der Waals surface area contributed by atoms with Gasteiger partial charge in [0.1, 0.15) is 6.61 Å². The molecule has 0 radical (unpaired) electrons. The Morgan fingerprint density at radius 2 is 1.84 bits per heavy atom. The molecule has 0 saturated carbocycles. The molecule has 1 unspecified atom stereocenters. The summed E-state index contributed by atoms with van der Waals surface area (Å²) in [4.78, 5) is 17.8. The summed E-state index contributed by atoms with van der Waals surface area (Å²) >= 11 is 3.80. The Morgan fingerprint density at radius 1 is 1.10 bits per heavy atom. The van der Waals surface area contributed by atoms with E-state index < -0.39 is 5.97 Å². The third-order valence-corrected chi connectivity index (χ3v) is 6.15. The van der Waals surface area contributed by atoms with E-state index in [4.69, 9.17) is 9.72 Å². The van der Waals surface area contributed by atoms with Crippen molar-refractivity contribution in [2.24, 2.45) is 5.41 Å². The van der Waals surface area contributed by atoms with Crippen LogP contribution in [0.4, 0.5) is 0 Å². The molecule has 1 aromatic heterocycles. The molecule has 0 N–H and O–H groups in total. The number of allylic oxidation sites excluding steroid dienone is 6. The summed E-state index contributed by atoms with van der Waals surface area (Å²) in [6, 6.07) is 9.69. The van der Waals surface area contributed by atoms with Gasteiger partial charge in [-0.2, -0.15) is 0 Å². The number of rotatable bonds is 4. The average molecular weight is 479 g/mol. The predicted molar refractivity (Wildman–Crippen MR) is 130 cm³/mol. The van der Waals surface area contributed by atoms with Crippen LogP contribution >= 0.6 is 15.9 Å². The van der Waals surface area contributed by atoms with Gasteiger partial charge in [0, 0.05) is 15.4 Å². The fourth-order valence-electron chi connectivity index (χ4n) is 3.62. The quantitative estimate of drug-likeness (QED) is 0.364. The number of carbonyl (C=O) groups excluding carboxylic acids is 1. The highest BCUT2D eigenvalue weighted by molar-refractivity contribution is 9.10. The van der Waals surface area contributed by atoms with E-state index in [1.807, 2.05) is 41.0 Å². The SMILES string of the molecule is CC1(C)C=Cc2nc(C(=O)OCc3ccccc3)n(C3=CCC(C)(Br)CC=C3)c2C=C1. The number of esters is 1. The smallest absolute Gasteiger partial charge is 0.375 e. The Hall–Kier alpha value is -2.66. The van der Waals surface area contributed by atoms with E-state index in [0.29, 0.717) is 5.82 Å². The highest BCUT2D eigenvalue weighted by Gasteiger charge is 2.27. The van der Waals surface area contributed by atoms with Crippen molar-refractivity contribution in [2.75, 3.05) is 0 Å². The van der Waals surface area contributed by atoms with Crippen molar-refractivity contribution in [1.82, 2.24) is 9.55 Å². The molecule has 31 heavy (non-hydrogen) atoms. The Morgan fingerprint density at radius 3 is 2.61 bits per heavy atom. The summed E-state index contributed by atoms with van der Waals surface area (Å²) in [6.07, 6.45) is 16.4. The highest BCUT2D eigenvalue weighted by Crippen LogP contribution is 2.34. The molecule has 1 atom stereocenters. The summed E-state index contributed by atoms with van der Waals surface area (Å²) in [5.74, 6) is -0.137. The van der Waals surface area contributed by atoms with Crippen LogP contribution in [0.25, 0.3) is 17.8 Å². The second-order valence-corrected chi connectivity index (χ2v) is 10.9. The van der Waals surface area contributed by atoms with Crippen LogP contribution in [0.5, 0.6) is 0 Å². The third kappa shape index (κ3) is 4.99. The van der Waals surface area contributed by atoms with Crippen molar-refractivity contribution in [3.05, 3.63) is 83.5 Å². The minimum absolute atomic E-state index is 0.00546. The van der Waals surface area contributed by atoms with E-state index in [1.54, 1.807) is 0 Å². The number of aromatic nitrogens is 2. The Kier molecular flexibility index (Phi) is 5.89. The molecule has 0 fully saturated rings. The van der Waals surface area contributed by atoms with Gasteiger partial charge in [0.15, 0.2) is 0 Å². The topological polar surface area (TPSA) is 44.1 Å². The number of fused-ring (bicyclic) bond motifs is 1. The average Bonchev–Trinajstić information content (AvgIpc) is 2.91. The third-order valence-electron chi connectivity index (χ3n) is 5.51. The van der Waals surface area contributed by atoms with Gasteiger partial charge < -0.3 is 4.74 Å². The monoisotopic (exact) mass is 478 g/mol. The van der Waals surface area contributed by atoms with Crippen LogP contribution in [0.3, 0.4) is 0 Å². The van der Waals surface area contributed by atoms with Crippen molar-refractivity contribution >= 4 is 39.7 Å². The van der Waals surface area contributed by atoms with Crippen LogP contribution < -0.4 is 0 Å². The summed E-state index contributed by atoms with van der Waals surface area (Å²) in [7, 11) is 0. The molecule has 0 aliphatic heterocycles. The van der Waals surface area contributed by atoms with Gasteiger partial charge in [0.05, 0.1) is 11.4 Å². The van der Waals surface area contributed by atoms with E-state index in [2.05, 4.69) is 73.2 Å². The van der Waals surface area contributed by atoms with E-state index in [0.717, 1.165) is 35.5 Å². The van der Waals surface area contributed by atoms with Gasteiger partial charge in [0.2, 0.25) is 5.82 Å². The minimum atomic E-state index is -0.432. The number of carbonyl (C=O) groups is 1. The van der Waals surface area contributed by atoms with Gasteiger partial charge in [-0.1, -0.05) is 84.4 Å². The predicted octanol–water partition coefficient (Wildman–Crippen LogP) is 6.65. The fourth-order valence-corrected chi connectivity index (χ4v) is 3.97. The summed E-state index contributed by atoms with van der Waals surface area (Å²) in [6.45, 7) is 6.67. The molecular formula is C26H27BrN2O2. The lowest BCUT2D eigenvalue weighted by Gasteiger charge is -2.17. The molecule has 4 nitrogen and oxygen atoms in total. The zero-order valence-corrected chi connectivity index (χ0v) is 19.7. The first-order chi connectivity index (χ1) is 14.7. The number of alkyl halides is 1. The van der Waals surface area contributed by atoms with Crippen molar-refractivity contribution in [3.8, 4) is 0 Å². The molecule has 0 amide bonds. The van der Waals surface area contributed by atoms with Crippen molar-refractivity contribution in [3.63, 3.8) is 0 Å². The maximum atomic E-state index is 13.1. The molecule has 2 aliphatic rings. The minimum Gasteiger partial charge on any atom is -0.455 e. The number of halogens is 1. The second kappa shape index (κ2) is 8.46. The largest absolute Gasteiger partial charge is 0.455 e. The summed E-state index contributed by atoms with van der Waals surface area (Å²) < 4.78 is 7.56. The number of nitrogens with zero attached hydrogens (tertiary/aromatic N) is 2. The van der Waals surface area contributed by atoms with Gasteiger partial charge >= 0.3 is 5.97 Å². The van der Waals surface area contributed by atoms with Crippen LogP contribution in [0, 0.1) is 5.41 Å². The lowest BCUT2D eigenvalue weighted by molar-refractivity contribution is 0.0456. The Balaban J connectivity index is 1.74. The first-order valence-corrected chi connectivity index (χ1v) is 11.3. The number of ether oxygens (including phenoxy) is 1. The van der Waals surface area contributed by atoms with Crippen LogP contribution in [0.1, 0.15) is 61.2 Å². The number of hydrogen-bond donors (Lipinski definition) is 0. The molecule has 0 saturated heterocycles. The molecule has 2 aliphatic carbocycles. The zero-order chi connectivity index (χ0) is 22.1. The van der Waals surface area contributed by atoms with Gasteiger partial charge in [-0.15, -0.1) is 0 Å². The number of hydrogen-bond acceptors (Lipinski definition) is 3. The Labute approximate surface area is 192 Å². The van der Waals surface area contributed by atoms with Gasteiger partial charge in [-0.05, 0) is 43.6 Å². The van der Waals surface area contributed by atoms with E-state index in [-0.39, 0.29) is 16.3 Å². The maximum absolute atomic E-state index is 13.1. The van der Waals surface area contributed by atoms with E-state index in [9.17, 15) is 4.79 Å². The molecule has 4 rings (SSSR count). The normalized spacial score (nSPS) is 21.7. The standard InChI is InChI=1S/C26H27BrN2O2/c1-25(2)15-12-21-22(13-16-25)29(20-10-7-14-26(3,27)17-11-20)23(28-21)24(30)31-18-19-8-5-4-6-9-19/h4-13,15-16H,14,17-18H2,1-3H3. The number of benzene rings is 1. The molecular weight excluding hydrogens is 452 g/mol. The van der Waals surface area contributed by atoms with Crippen molar-refractivity contribution in [2.45, 2.75) is 44.5 Å². The number of imidazole rings is 1. The Bertz CT molecular complexity index is 1100. The van der Waals surface area contributed by atoms with E-state index >= 15 is 0 Å². The van der Waals surface area contributed by atoms with Crippen LogP contribution in [-0.4, -0.2) is 19.8 Å². The van der Waals surface area contributed by atoms with Gasteiger partial charge in [-0.3, -0.25) is 4.57 Å². The second-order valence-electron chi connectivity index (χ2n) is 8.94. The summed E-state index contributed by atoms with van der Waals surface area (Å²) in [5.41, 5.74) is 3.46. The first kappa shape index (κ1) is 21.6. The molecule has 1 aromatic carbocycles. The molecule has 5 heteroatoms. The maximum Gasteiger partial charge on any atom is 0.375 e. The van der Waals surface area contributed by atoms with Gasteiger partial charge in [0.25, 0.3) is 0 Å². The van der Waals surface area contributed by atoms with Crippen LogP contribution in [-0.2, 0) is 11.3 Å². The molecule has 0 bridgehead atoms. The lowest BCUT2D eigenvalue weighted by Crippen LogP contribution is -2.14. The van der Waals surface area contributed by atoms with Crippen LogP contribution in [0.15, 0.2) is 60.7 Å². The van der Waals surface area contributed by atoms with Gasteiger partial charge in [-0.25, -0.2) is 9.78 Å². The highest BCUT2D eigenvalue weighted by atomic mass is 79.9. The summed E-state index contributed by atoms with van der Waals surface area (Å²) in [5, 5.41) is 0. The lowest BCUT2D eigenvalue weighted by atomic mass is 9.93. The van der Waals surface area contributed by atoms with E-state index in [1.165, 1.54) is 0 Å². The van der Waals surface area contributed by atoms with Crippen LogP contribution in [0.2, 0.25) is 0 Å². The fraction of sp³-hybridized carbons (Fsp3) is 0.308. The van der Waals surface area contributed by atoms with Crippen molar-refractivity contribution in [1.29, 1.82) is 0 Å².